The molecule has 0 amide bonds. The highest BCUT2D eigenvalue weighted by Gasteiger charge is 2.41. The van der Waals surface area contributed by atoms with E-state index >= 15 is 0 Å². The van der Waals surface area contributed by atoms with Crippen LogP contribution in [0.25, 0.3) is 0 Å². The van der Waals surface area contributed by atoms with Gasteiger partial charge in [-0.1, -0.05) is 13.8 Å². The van der Waals surface area contributed by atoms with Gasteiger partial charge < -0.3 is 45.2 Å². The molecule has 6 N–H and O–H groups in total. The number of cyclic esters (lactones) is 1. The summed E-state index contributed by atoms with van der Waals surface area (Å²) in [6, 6.07) is 1.52. The topological polar surface area (TPSA) is 159 Å². The molecular formula is C26H40F3NO9. The molecule has 4 heterocycles. The number of halogens is 3. The van der Waals surface area contributed by atoms with E-state index in [9.17, 15) is 23.1 Å². The van der Waals surface area contributed by atoms with Gasteiger partial charge in [-0.25, -0.2) is 13.2 Å². The van der Waals surface area contributed by atoms with Gasteiger partial charge in [-0.2, -0.15) is 0 Å². The lowest BCUT2D eigenvalue weighted by atomic mass is 9.91. The molecule has 4 aliphatic rings. The molecule has 0 radical (unpaired) electrons. The number of benzene rings is 1. The highest BCUT2D eigenvalue weighted by Crippen LogP contribution is 2.38. The van der Waals surface area contributed by atoms with Crippen molar-refractivity contribution in [3.05, 3.63) is 35.1 Å². The number of ether oxygens (including phenoxy) is 6. The lowest BCUT2D eigenvalue weighted by Gasteiger charge is -2.40. The minimum atomic E-state index is -1.84. The van der Waals surface area contributed by atoms with Crippen LogP contribution in [0.5, 0.6) is 0 Å². The van der Waals surface area contributed by atoms with Gasteiger partial charge in [-0.3, -0.25) is 4.79 Å². The molecule has 3 unspecified atom stereocenters. The standard InChI is InChI=1S/C16H19F3O4.C10H16O4.H3N.H2O/c1-9-6-21-15(22-7-9)10-2-3-16(20,23-8-10)11-4-12(17)14(19)13(18)5-11;1-7-4-13-10(14-5-7)8-2-3-9(11)12-6-8;;/h4-5,9-10,15,20H,2-3,6-8H2,1H3;7-8,10H,2-6H2,1H3;1H3;1H2. The summed E-state index contributed by atoms with van der Waals surface area (Å²) in [6.45, 7) is 7.36. The summed E-state index contributed by atoms with van der Waals surface area (Å²) in [5, 5.41) is 10.5. The van der Waals surface area contributed by atoms with Gasteiger partial charge in [0.15, 0.2) is 35.8 Å². The molecule has 0 aromatic heterocycles. The SMILES string of the molecule is CC1COC(C2CCC(=O)OC2)OC1.CC1COC(C2CCC(O)(c3cc(F)c(F)c(F)c3)OC2)OC1.N.O. The Bertz CT molecular complexity index is 883. The maximum atomic E-state index is 13.3. The Hall–Kier alpha value is -1.84. The van der Waals surface area contributed by atoms with Crippen molar-refractivity contribution in [2.45, 2.75) is 57.9 Å². The summed E-state index contributed by atoms with van der Waals surface area (Å²) >= 11 is 0. The fourth-order valence-corrected chi connectivity index (χ4v) is 4.65. The molecule has 0 aliphatic carbocycles. The van der Waals surface area contributed by atoms with Crippen LogP contribution < -0.4 is 6.15 Å². The third-order valence-electron chi connectivity index (χ3n) is 6.95. The van der Waals surface area contributed by atoms with Crippen molar-refractivity contribution in [3.8, 4) is 0 Å². The van der Waals surface area contributed by atoms with Crippen molar-refractivity contribution in [2.75, 3.05) is 39.6 Å². The maximum Gasteiger partial charge on any atom is 0.305 e. The molecule has 4 saturated heterocycles. The molecule has 10 nitrogen and oxygen atoms in total. The van der Waals surface area contributed by atoms with Crippen molar-refractivity contribution in [2.24, 2.45) is 23.7 Å². The van der Waals surface area contributed by atoms with Crippen LogP contribution in [0, 0.1) is 41.1 Å². The highest BCUT2D eigenvalue weighted by atomic mass is 19.2. The van der Waals surface area contributed by atoms with E-state index in [2.05, 4.69) is 6.92 Å². The van der Waals surface area contributed by atoms with E-state index in [4.69, 9.17) is 28.4 Å². The number of carbonyl (C=O) groups excluding carboxylic acids is 1. The normalized spacial score (nSPS) is 34.9. The second kappa shape index (κ2) is 14.7. The van der Waals surface area contributed by atoms with E-state index in [0.29, 0.717) is 44.5 Å². The zero-order valence-corrected chi connectivity index (χ0v) is 22.3. The Morgan fingerprint density at radius 2 is 1.31 bits per heavy atom. The summed E-state index contributed by atoms with van der Waals surface area (Å²) < 4.78 is 72.4. The number of hydrogen-bond acceptors (Lipinski definition) is 9. The van der Waals surface area contributed by atoms with Crippen molar-refractivity contribution < 1.29 is 57.0 Å². The van der Waals surface area contributed by atoms with Crippen LogP contribution in [0.2, 0.25) is 0 Å². The van der Waals surface area contributed by atoms with Gasteiger partial charge in [0.05, 0.1) is 39.6 Å². The molecular weight excluding hydrogens is 527 g/mol. The van der Waals surface area contributed by atoms with Crippen molar-refractivity contribution >= 4 is 5.97 Å². The molecule has 0 bridgehead atoms. The van der Waals surface area contributed by atoms with Crippen molar-refractivity contribution in [3.63, 3.8) is 0 Å². The molecule has 5 rings (SSSR count). The molecule has 1 aromatic rings. The summed E-state index contributed by atoms with van der Waals surface area (Å²) in [5.41, 5.74) is -0.133. The number of rotatable bonds is 3. The molecule has 0 saturated carbocycles. The van der Waals surface area contributed by atoms with Crippen LogP contribution in [0.1, 0.15) is 45.1 Å². The molecule has 224 valence electrons. The first-order chi connectivity index (χ1) is 17.6. The predicted molar refractivity (Wildman–Crippen MR) is 131 cm³/mol. The Morgan fingerprint density at radius 1 is 0.821 bits per heavy atom. The van der Waals surface area contributed by atoms with E-state index in [1.807, 2.05) is 6.92 Å². The van der Waals surface area contributed by atoms with E-state index in [0.717, 1.165) is 31.8 Å². The maximum absolute atomic E-state index is 13.3. The molecule has 13 heteroatoms. The average molecular weight is 568 g/mol. The van der Waals surface area contributed by atoms with Gasteiger partial charge in [0.1, 0.15) is 0 Å². The largest absolute Gasteiger partial charge is 0.465 e. The van der Waals surface area contributed by atoms with Crippen LogP contribution in [0.3, 0.4) is 0 Å². The van der Waals surface area contributed by atoms with Crippen molar-refractivity contribution in [1.82, 2.24) is 6.15 Å². The fraction of sp³-hybridized carbons (Fsp3) is 0.731. The van der Waals surface area contributed by atoms with Gasteiger partial charge in [0, 0.05) is 42.1 Å². The monoisotopic (exact) mass is 567 g/mol. The quantitative estimate of drug-likeness (QED) is 0.414. The molecule has 3 atom stereocenters. The number of hydrogen-bond donors (Lipinski definition) is 2. The first-order valence-electron chi connectivity index (χ1n) is 12.8. The van der Waals surface area contributed by atoms with E-state index in [1.165, 1.54) is 0 Å². The lowest BCUT2D eigenvalue weighted by molar-refractivity contribution is -0.288. The number of carbonyl (C=O) groups is 1. The summed E-state index contributed by atoms with van der Waals surface area (Å²) in [7, 11) is 0. The highest BCUT2D eigenvalue weighted by molar-refractivity contribution is 5.69. The molecule has 4 fully saturated rings. The zero-order valence-electron chi connectivity index (χ0n) is 22.3. The van der Waals surface area contributed by atoms with Gasteiger partial charge in [-0.05, 0) is 25.0 Å². The number of aliphatic hydroxyl groups is 1. The smallest absolute Gasteiger partial charge is 0.305 e. The molecule has 1 aromatic carbocycles. The third-order valence-corrected chi connectivity index (χ3v) is 6.95. The third kappa shape index (κ3) is 8.57. The molecule has 39 heavy (non-hydrogen) atoms. The minimum Gasteiger partial charge on any atom is -0.465 e. The molecule has 0 spiro atoms. The first kappa shape index (κ1) is 33.4. The van der Waals surface area contributed by atoms with Crippen LogP contribution in [0.4, 0.5) is 13.2 Å². The fourth-order valence-electron chi connectivity index (χ4n) is 4.65. The van der Waals surface area contributed by atoms with Crippen molar-refractivity contribution in [1.29, 1.82) is 0 Å². The van der Waals surface area contributed by atoms with Gasteiger partial charge >= 0.3 is 5.97 Å². The van der Waals surface area contributed by atoms with Crippen LogP contribution >= 0.6 is 0 Å². The average Bonchev–Trinajstić information content (AvgIpc) is 2.89. The van der Waals surface area contributed by atoms with Crippen LogP contribution in [-0.2, 0) is 39.0 Å². The second-order valence-electron chi connectivity index (χ2n) is 10.4. The summed E-state index contributed by atoms with van der Waals surface area (Å²) in [6.07, 6.45) is 1.34. The van der Waals surface area contributed by atoms with E-state index in [-0.39, 0.29) is 54.3 Å². The van der Waals surface area contributed by atoms with Gasteiger partial charge in [-0.15, -0.1) is 0 Å². The zero-order chi connectivity index (χ0) is 26.6. The Balaban J connectivity index is 0.000000288. The van der Waals surface area contributed by atoms with E-state index in [1.54, 1.807) is 0 Å². The number of esters is 1. The first-order valence-corrected chi connectivity index (χ1v) is 12.8. The summed E-state index contributed by atoms with van der Waals surface area (Å²) in [5.74, 6) is -5.27. The van der Waals surface area contributed by atoms with Gasteiger partial charge in [0.2, 0.25) is 0 Å². The van der Waals surface area contributed by atoms with Crippen LogP contribution in [0.15, 0.2) is 12.1 Å². The second-order valence-corrected chi connectivity index (χ2v) is 10.4. The van der Waals surface area contributed by atoms with E-state index < -0.39 is 29.5 Å². The predicted octanol–water partition coefficient (Wildman–Crippen LogP) is 2.97. The minimum absolute atomic E-state index is 0. The summed E-state index contributed by atoms with van der Waals surface area (Å²) in [4.78, 5) is 10.8. The lowest BCUT2D eigenvalue weighted by Crippen LogP contribution is -2.44. The Morgan fingerprint density at radius 3 is 1.72 bits per heavy atom. The molecule has 4 aliphatic heterocycles. The Kier molecular flexibility index (Phi) is 12.6. The Labute approximate surface area is 225 Å². The van der Waals surface area contributed by atoms with Gasteiger partial charge in [0.25, 0.3) is 0 Å². The van der Waals surface area contributed by atoms with Crippen LogP contribution in [-0.4, -0.2) is 68.8 Å².